The van der Waals surface area contributed by atoms with Crippen LogP contribution >= 0.6 is 44.1 Å². The zero-order valence-electron chi connectivity index (χ0n) is 10.9. The third kappa shape index (κ3) is 4.62. The van der Waals surface area contributed by atoms with Crippen LogP contribution in [0.2, 0.25) is 0 Å². The predicted molar refractivity (Wildman–Crippen MR) is 96.5 cm³/mol. The van der Waals surface area contributed by atoms with Crippen LogP contribution in [0.4, 0.5) is 5.69 Å². The van der Waals surface area contributed by atoms with Crippen LogP contribution < -0.4 is 11.1 Å². The molecule has 3 N–H and O–H groups in total. The number of hydrogen-bond donors (Lipinski definition) is 2. The van der Waals surface area contributed by atoms with Gasteiger partial charge in [0.15, 0.2) is 0 Å². The fourth-order valence-corrected chi connectivity index (χ4v) is 2.85. The van der Waals surface area contributed by atoms with E-state index in [0.717, 1.165) is 14.5 Å². The number of rotatable bonds is 4. The summed E-state index contributed by atoms with van der Waals surface area (Å²) >= 11 is 11.8. The van der Waals surface area contributed by atoms with Crippen LogP contribution in [0, 0.1) is 0 Å². The predicted octanol–water partition coefficient (Wildman–Crippen LogP) is 4.03. The maximum absolute atomic E-state index is 12.2. The van der Waals surface area contributed by atoms with Crippen molar-refractivity contribution in [3.63, 3.8) is 0 Å². The second-order valence-electron chi connectivity index (χ2n) is 4.41. The monoisotopic (exact) mass is 426 g/mol. The molecule has 1 amide bonds. The summed E-state index contributed by atoms with van der Waals surface area (Å²) in [5.41, 5.74) is 7.85. The minimum absolute atomic E-state index is 0.122. The van der Waals surface area contributed by atoms with Crippen molar-refractivity contribution in [2.24, 2.45) is 5.73 Å². The molecule has 0 radical (unpaired) electrons. The summed E-state index contributed by atoms with van der Waals surface area (Å²) in [4.78, 5) is 12.4. The van der Waals surface area contributed by atoms with E-state index in [4.69, 9.17) is 18.0 Å². The molecule has 21 heavy (non-hydrogen) atoms. The zero-order chi connectivity index (χ0) is 15.4. The molecule has 0 heterocycles. The molecular weight excluding hydrogens is 416 g/mol. The van der Waals surface area contributed by atoms with Crippen molar-refractivity contribution in [3.05, 3.63) is 62.5 Å². The lowest BCUT2D eigenvalue weighted by atomic mass is 10.1. The normalized spacial score (nSPS) is 10.2. The van der Waals surface area contributed by atoms with E-state index in [0.29, 0.717) is 11.3 Å². The summed E-state index contributed by atoms with van der Waals surface area (Å²) in [5.74, 6) is -0.122. The van der Waals surface area contributed by atoms with E-state index in [1.807, 2.05) is 30.3 Å². The molecule has 3 nitrogen and oxygen atoms in total. The molecule has 0 aliphatic rings. The lowest BCUT2D eigenvalue weighted by Gasteiger charge is -2.11. The third-order valence-corrected chi connectivity index (χ3v) is 3.98. The highest BCUT2D eigenvalue weighted by Gasteiger charge is 2.10. The maximum atomic E-state index is 12.2. The molecule has 0 fully saturated rings. The number of nitrogens with two attached hydrogens (primary N) is 1. The summed E-state index contributed by atoms with van der Waals surface area (Å²) in [6, 6.07) is 13.0. The quantitative estimate of drug-likeness (QED) is 0.724. The molecule has 6 heteroatoms. The molecule has 108 valence electrons. The van der Waals surface area contributed by atoms with Crippen LogP contribution in [0.15, 0.2) is 51.4 Å². The van der Waals surface area contributed by atoms with E-state index >= 15 is 0 Å². The van der Waals surface area contributed by atoms with Crippen molar-refractivity contribution in [2.45, 2.75) is 6.42 Å². The second-order valence-corrected chi connectivity index (χ2v) is 6.68. The topological polar surface area (TPSA) is 55.1 Å². The molecule has 2 aromatic carbocycles. The van der Waals surface area contributed by atoms with Gasteiger partial charge < -0.3 is 11.1 Å². The van der Waals surface area contributed by atoms with Crippen molar-refractivity contribution in [2.75, 3.05) is 5.32 Å². The van der Waals surface area contributed by atoms with Crippen molar-refractivity contribution >= 4 is 60.7 Å². The van der Waals surface area contributed by atoms with E-state index < -0.39 is 0 Å². The largest absolute Gasteiger partial charge is 0.389 e. The molecule has 0 unspecified atom stereocenters. The van der Waals surface area contributed by atoms with Crippen molar-refractivity contribution in [1.82, 2.24) is 0 Å². The molecule has 0 atom stereocenters. The molecule has 2 aromatic rings. The number of carbonyl (C=O) groups is 1. The third-order valence-electron chi connectivity index (χ3n) is 2.77. The van der Waals surface area contributed by atoms with Gasteiger partial charge in [-0.25, -0.2) is 0 Å². The minimum Gasteiger partial charge on any atom is -0.389 e. The van der Waals surface area contributed by atoms with Gasteiger partial charge in [0.2, 0.25) is 5.91 Å². The van der Waals surface area contributed by atoms with Crippen LogP contribution in [-0.4, -0.2) is 10.9 Å². The summed E-state index contributed by atoms with van der Waals surface area (Å²) in [6.07, 6.45) is 0.280. The standard InChI is InChI=1S/C15H12Br2N2OS/c16-10-3-1-2-9(6-10)7-14(20)19-13-8-11(17)4-5-12(13)15(18)21/h1-6,8H,7H2,(H2,18,21)(H,19,20). The van der Waals surface area contributed by atoms with Crippen LogP contribution in [0.1, 0.15) is 11.1 Å². The number of halogens is 2. The van der Waals surface area contributed by atoms with E-state index in [9.17, 15) is 4.79 Å². The lowest BCUT2D eigenvalue weighted by Crippen LogP contribution is -2.19. The fourth-order valence-electron chi connectivity index (χ4n) is 1.86. The molecule has 2 rings (SSSR count). The first-order valence-corrected chi connectivity index (χ1v) is 8.09. The Hall–Kier alpha value is -1.24. The molecule has 0 aliphatic carbocycles. The maximum Gasteiger partial charge on any atom is 0.228 e. The Kier molecular flexibility index (Phi) is 5.50. The zero-order valence-corrected chi connectivity index (χ0v) is 14.9. The van der Waals surface area contributed by atoms with Crippen LogP contribution in [0.5, 0.6) is 0 Å². The van der Waals surface area contributed by atoms with Crippen molar-refractivity contribution in [3.8, 4) is 0 Å². The molecule has 0 bridgehead atoms. The molecule has 0 spiro atoms. The average Bonchev–Trinajstić information content (AvgIpc) is 2.38. The Morgan fingerprint density at radius 1 is 1.14 bits per heavy atom. The second kappa shape index (κ2) is 7.15. The Morgan fingerprint density at radius 3 is 2.52 bits per heavy atom. The van der Waals surface area contributed by atoms with Gasteiger partial charge in [-0.1, -0.05) is 56.2 Å². The van der Waals surface area contributed by atoms with E-state index in [1.54, 1.807) is 12.1 Å². The highest BCUT2D eigenvalue weighted by atomic mass is 79.9. The van der Waals surface area contributed by atoms with Gasteiger partial charge in [0.1, 0.15) is 4.99 Å². The number of amides is 1. The summed E-state index contributed by atoms with van der Waals surface area (Å²) in [6.45, 7) is 0. The van der Waals surface area contributed by atoms with E-state index in [1.165, 1.54) is 0 Å². The van der Waals surface area contributed by atoms with Crippen LogP contribution in [-0.2, 0) is 11.2 Å². The van der Waals surface area contributed by atoms with E-state index in [2.05, 4.69) is 37.2 Å². The van der Waals surface area contributed by atoms with Crippen molar-refractivity contribution in [1.29, 1.82) is 0 Å². The number of benzene rings is 2. The first kappa shape index (κ1) is 16.1. The number of hydrogen-bond acceptors (Lipinski definition) is 2. The molecule has 0 aromatic heterocycles. The van der Waals surface area contributed by atoms with Crippen molar-refractivity contribution < 1.29 is 4.79 Å². The minimum atomic E-state index is -0.122. The van der Waals surface area contributed by atoms with Gasteiger partial charge in [-0.05, 0) is 35.9 Å². The first-order chi connectivity index (χ1) is 9.95. The molecule has 0 saturated carbocycles. The van der Waals surface area contributed by atoms with E-state index in [-0.39, 0.29) is 17.3 Å². The van der Waals surface area contributed by atoms with Gasteiger partial charge >= 0.3 is 0 Å². The average molecular weight is 428 g/mol. The molecule has 0 aliphatic heterocycles. The van der Waals surface area contributed by atoms with Gasteiger partial charge in [0.25, 0.3) is 0 Å². The lowest BCUT2D eigenvalue weighted by molar-refractivity contribution is -0.115. The first-order valence-electron chi connectivity index (χ1n) is 6.09. The van der Waals surface area contributed by atoms with Gasteiger partial charge in [-0.15, -0.1) is 0 Å². The van der Waals surface area contributed by atoms with Gasteiger partial charge in [-0.2, -0.15) is 0 Å². The van der Waals surface area contributed by atoms with Gasteiger partial charge in [0, 0.05) is 14.5 Å². The fraction of sp³-hybridized carbons (Fsp3) is 0.0667. The summed E-state index contributed by atoms with van der Waals surface area (Å²) in [7, 11) is 0. The Labute approximate surface area is 145 Å². The Bertz CT molecular complexity index is 704. The number of carbonyl (C=O) groups excluding carboxylic acids is 1. The number of anilines is 1. The number of thiocarbonyl (C=S) groups is 1. The number of nitrogens with one attached hydrogen (secondary N) is 1. The molecule has 0 saturated heterocycles. The Balaban J connectivity index is 2.16. The Morgan fingerprint density at radius 2 is 1.86 bits per heavy atom. The highest BCUT2D eigenvalue weighted by molar-refractivity contribution is 9.10. The van der Waals surface area contributed by atoms with Gasteiger partial charge in [-0.3, -0.25) is 4.79 Å². The molecular formula is C15H12Br2N2OS. The summed E-state index contributed by atoms with van der Waals surface area (Å²) < 4.78 is 1.79. The van der Waals surface area contributed by atoms with Crippen LogP contribution in [0.3, 0.4) is 0 Å². The smallest absolute Gasteiger partial charge is 0.228 e. The summed E-state index contributed by atoms with van der Waals surface area (Å²) in [5, 5.41) is 2.85. The highest BCUT2D eigenvalue weighted by Crippen LogP contribution is 2.22. The SMILES string of the molecule is NC(=S)c1ccc(Br)cc1NC(=O)Cc1cccc(Br)c1. The van der Waals surface area contributed by atoms with Gasteiger partial charge in [0.05, 0.1) is 12.1 Å². The van der Waals surface area contributed by atoms with Crippen LogP contribution in [0.25, 0.3) is 0 Å².